The number of hydrogen-bond acceptors (Lipinski definition) is 3. The molecule has 2 amide bonds. The van der Waals surface area contributed by atoms with Gasteiger partial charge < -0.3 is 14.4 Å². The molecule has 3 aliphatic rings. The van der Waals surface area contributed by atoms with Crippen LogP contribution in [0, 0.1) is 11.8 Å². The number of carbonyl (C=O) groups is 2. The summed E-state index contributed by atoms with van der Waals surface area (Å²) < 4.78 is 2.05. The topological polar surface area (TPSA) is 58.4 Å². The predicted molar refractivity (Wildman–Crippen MR) is 98.8 cm³/mol. The van der Waals surface area contributed by atoms with Crippen molar-refractivity contribution in [1.29, 1.82) is 0 Å². The minimum atomic E-state index is 0.0357. The fraction of sp³-hybridized carbons (Fsp3) is 0.750. The van der Waals surface area contributed by atoms with Gasteiger partial charge in [0.2, 0.25) is 5.91 Å². The molecule has 26 heavy (non-hydrogen) atoms. The first-order valence-corrected chi connectivity index (χ1v) is 10.3. The molecule has 2 saturated heterocycles. The zero-order valence-electron chi connectivity index (χ0n) is 15.8. The van der Waals surface area contributed by atoms with E-state index in [0.717, 1.165) is 70.4 Å². The highest BCUT2D eigenvalue weighted by Crippen LogP contribution is 2.27. The minimum absolute atomic E-state index is 0.0357. The van der Waals surface area contributed by atoms with Gasteiger partial charge in [0.1, 0.15) is 5.69 Å². The van der Waals surface area contributed by atoms with Crippen LogP contribution in [0.5, 0.6) is 0 Å². The summed E-state index contributed by atoms with van der Waals surface area (Å²) in [7, 11) is 0. The summed E-state index contributed by atoms with van der Waals surface area (Å²) in [5, 5.41) is 0. The van der Waals surface area contributed by atoms with Crippen LogP contribution in [0.1, 0.15) is 61.6 Å². The standard InChI is InChI=1S/C20H30N4O2/c1-15-7-11-23(12-8-15)20(26)18-17-6-5-16(13-24(17)14-21-18)19(25)22-9-3-2-4-10-22/h14-16H,2-13H2,1H3. The SMILES string of the molecule is CC1CCN(C(=O)c2ncn3c2CCC(C(=O)N2CCCCC2)C3)CC1. The molecular formula is C20H30N4O2. The van der Waals surface area contributed by atoms with E-state index in [1.165, 1.54) is 6.42 Å². The molecule has 0 aliphatic carbocycles. The number of amides is 2. The maximum absolute atomic E-state index is 12.9. The van der Waals surface area contributed by atoms with E-state index in [1.807, 2.05) is 9.80 Å². The summed E-state index contributed by atoms with van der Waals surface area (Å²) in [5.41, 5.74) is 1.64. The second kappa shape index (κ2) is 7.41. The van der Waals surface area contributed by atoms with Crippen LogP contribution in [0.2, 0.25) is 0 Å². The van der Waals surface area contributed by atoms with E-state index < -0.39 is 0 Å². The third kappa shape index (κ3) is 3.38. The number of fused-ring (bicyclic) bond motifs is 1. The Morgan fingerprint density at radius 1 is 1.00 bits per heavy atom. The van der Waals surface area contributed by atoms with Crippen LogP contribution < -0.4 is 0 Å². The van der Waals surface area contributed by atoms with Crippen molar-refractivity contribution in [1.82, 2.24) is 19.4 Å². The van der Waals surface area contributed by atoms with Gasteiger partial charge in [-0.1, -0.05) is 6.92 Å². The van der Waals surface area contributed by atoms with Gasteiger partial charge in [-0.3, -0.25) is 9.59 Å². The fourth-order valence-corrected chi connectivity index (χ4v) is 4.58. The highest BCUT2D eigenvalue weighted by atomic mass is 16.2. The van der Waals surface area contributed by atoms with Gasteiger partial charge in [0.05, 0.1) is 17.9 Å². The maximum atomic E-state index is 12.9. The molecule has 4 heterocycles. The molecule has 0 aromatic carbocycles. The molecule has 1 atom stereocenters. The minimum Gasteiger partial charge on any atom is -0.342 e. The molecule has 1 aromatic heterocycles. The third-order valence-electron chi connectivity index (χ3n) is 6.38. The molecule has 0 N–H and O–H groups in total. The molecule has 3 aliphatic heterocycles. The first-order valence-electron chi connectivity index (χ1n) is 10.3. The molecule has 1 unspecified atom stereocenters. The second-order valence-electron chi connectivity index (χ2n) is 8.29. The lowest BCUT2D eigenvalue weighted by atomic mass is 9.94. The molecule has 1 aromatic rings. The maximum Gasteiger partial charge on any atom is 0.274 e. The molecule has 142 valence electrons. The molecule has 0 radical (unpaired) electrons. The van der Waals surface area contributed by atoms with Crippen molar-refractivity contribution in [2.45, 2.75) is 58.4 Å². The number of nitrogens with zero attached hydrogens (tertiary/aromatic N) is 4. The normalized spacial score (nSPS) is 24.4. The first kappa shape index (κ1) is 17.6. The van der Waals surface area contributed by atoms with Crippen LogP contribution in [0.25, 0.3) is 0 Å². The van der Waals surface area contributed by atoms with Crippen molar-refractivity contribution in [3.05, 3.63) is 17.7 Å². The largest absolute Gasteiger partial charge is 0.342 e. The Kier molecular flexibility index (Phi) is 5.00. The monoisotopic (exact) mass is 358 g/mol. The fourth-order valence-electron chi connectivity index (χ4n) is 4.58. The van der Waals surface area contributed by atoms with E-state index in [0.29, 0.717) is 24.1 Å². The Morgan fingerprint density at radius 2 is 1.73 bits per heavy atom. The first-order chi connectivity index (χ1) is 12.6. The molecule has 0 saturated carbocycles. The van der Waals surface area contributed by atoms with Gasteiger partial charge in [-0.2, -0.15) is 0 Å². The van der Waals surface area contributed by atoms with Crippen molar-refractivity contribution in [3.8, 4) is 0 Å². The van der Waals surface area contributed by atoms with Crippen molar-refractivity contribution in [2.75, 3.05) is 26.2 Å². The van der Waals surface area contributed by atoms with Crippen LogP contribution in [-0.4, -0.2) is 57.3 Å². The van der Waals surface area contributed by atoms with Crippen molar-refractivity contribution >= 4 is 11.8 Å². The van der Waals surface area contributed by atoms with Crippen LogP contribution in [-0.2, 0) is 17.8 Å². The van der Waals surface area contributed by atoms with Crippen molar-refractivity contribution in [2.24, 2.45) is 11.8 Å². The van der Waals surface area contributed by atoms with Gasteiger partial charge in [0.25, 0.3) is 5.91 Å². The molecule has 4 rings (SSSR count). The van der Waals surface area contributed by atoms with Gasteiger partial charge in [0.15, 0.2) is 0 Å². The van der Waals surface area contributed by atoms with E-state index in [2.05, 4.69) is 16.5 Å². The quantitative estimate of drug-likeness (QED) is 0.815. The van der Waals surface area contributed by atoms with Crippen molar-refractivity contribution in [3.63, 3.8) is 0 Å². The van der Waals surface area contributed by atoms with E-state index in [9.17, 15) is 9.59 Å². The molecule has 0 bridgehead atoms. The lowest BCUT2D eigenvalue weighted by molar-refractivity contribution is -0.137. The van der Waals surface area contributed by atoms with Gasteiger partial charge in [-0.05, 0) is 50.9 Å². The molecule has 2 fully saturated rings. The number of likely N-dealkylation sites (tertiary alicyclic amines) is 2. The predicted octanol–water partition coefficient (Wildman–Crippen LogP) is 2.33. The molecular weight excluding hydrogens is 328 g/mol. The molecule has 6 heteroatoms. The summed E-state index contributed by atoms with van der Waals surface area (Å²) >= 11 is 0. The smallest absolute Gasteiger partial charge is 0.274 e. The van der Waals surface area contributed by atoms with Crippen molar-refractivity contribution < 1.29 is 9.59 Å². The Morgan fingerprint density at radius 3 is 2.46 bits per heavy atom. The van der Waals surface area contributed by atoms with E-state index in [1.54, 1.807) is 6.33 Å². The molecule has 6 nitrogen and oxygen atoms in total. The average molecular weight is 358 g/mol. The lowest BCUT2D eigenvalue weighted by Gasteiger charge is -2.33. The Labute approximate surface area is 155 Å². The van der Waals surface area contributed by atoms with Gasteiger partial charge in [0, 0.05) is 32.7 Å². The number of carbonyl (C=O) groups excluding carboxylic acids is 2. The van der Waals surface area contributed by atoms with Gasteiger partial charge >= 0.3 is 0 Å². The van der Waals surface area contributed by atoms with Crippen LogP contribution in [0.4, 0.5) is 0 Å². The van der Waals surface area contributed by atoms with Crippen LogP contribution in [0.15, 0.2) is 6.33 Å². The Bertz CT molecular complexity index is 669. The summed E-state index contributed by atoms with van der Waals surface area (Å²) in [5.74, 6) is 1.11. The summed E-state index contributed by atoms with van der Waals surface area (Å²) in [6.45, 7) is 6.40. The second-order valence-corrected chi connectivity index (χ2v) is 8.29. The highest BCUT2D eigenvalue weighted by Gasteiger charge is 2.33. The number of imidazole rings is 1. The summed E-state index contributed by atoms with van der Waals surface area (Å²) in [6, 6.07) is 0. The third-order valence-corrected chi connectivity index (χ3v) is 6.38. The Balaban J connectivity index is 1.43. The van der Waals surface area contributed by atoms with Gasteiger partial charge in [-0.25, -0.2) is 4.98 Å². The molecule has 0 spiro atoms. The van der Waals surface area contributed by atoms with Crippen LogP contribution in [0.3, 0.4) is 0 Å². The van der Waals surface area contributed by atoms with Gasteiger partial charge in [-0.15, -0.1) is 0 Å². The lowest BCUT2D eigenvalue weighted by Crippen LogP contribution is -2.42. The number of hydrogen-bond donors (Lipinski definition) is 0. The van der Waals surface area contributed by atoms with E-state index in [4.69, 9.17) is 0 Å². The average Bonchev–Trinajstić information content (AvgIpc) is 3.11. The van der Waals surface area contributed by atoms with E-state index in [-0.39, 0.29) is 11.8 Å². The number of aromatic nitrogens is 2. The zero-order valence-corrected chi connectivity index (χ0v) is 15.8. The zero-order chi connectivity index (χ0) is 18.1. The van der Waals surface area contributed by atoms with Crippen LogP contribution >= 0.6 is 0 Å². The number of piperidine rings is 2. The highest BCUT2D eigenvalue weighted by molar-refractivity contribution is 5.93. The number of rotatable bonds is 2. The summed E-state index contributed by atoms with van der Waals surface area (Å²) in [6.07, 6.45) is 9.02. The Hall–Kier alpha value is -1.85. The van der Waals surface area contributed by atoms with E-state index >= 15 is 0 Å². The summed E-state index contributed by atoms with van der Waals surface area (Å²) in [4.78, 5) is 34.1.